The Kier molecular flexibility index (Phi) is 14.1. The summed E-state index contributed by atoms with van der Waals surface area (Å²) in [4.78, 5) is 0. The monoisotopic (exact) mass is 306 g/mol. The molecule has 0 aromatic rings. The van der Waals surface area contributed by atoms with Crippen LogP contribution in [0.15, 0.2) is 48.0 Å². The van der Waals surface area contributed by atoms with Crippen molar-refractivity contribution in [3.63, 3.8) is 0 Å². The lowest BCUT2D eigenvalue weighted by molar-refractivity contribution is 0.142. The predicted molar refractivity (Wildman–Crippen MR) is 88.9 cm³/mol. The quantitative estimate of drug-likeness (QED) is 0.370. The molecule has 4 heteroatoms. The average Bonchev–Trinajstić information content (AvgIpc) is 2.54. The van der Waals surface area contributed by atoms with Crippen molar-refractivity contribution in [2.75, 3.05) is 26.4 Å². The third-order valence-corrected chi connectivity index (χ3v) is 2.39. The van der Waals surface area contributed by atoms with Gasteiger partial charge in [-0.2, -0.15) is 0 Å². The molecule has 0 fully saturated rings. The first-order valence-corrected chi connectivity index (χ1v) is 7.38. The molecule has 2 N–H and O–H groups in total. The van der Waals surface area contributed by atoms with Crippen molar-refractivity contribution in [2.45, 2.75) is 26.7 Å². The highest BCUT2D eigenvalue weighted by Crippen LogP contribution is 2.05. The number of ether oxygens (including phenoxy) is 2. The largest absolute Gasteiger partial charge is 0.495 e. The lowest BCUT2D eigenvalue weighted by atomic mass is 10.3. The van der Waals surface area contributed by atoms with Gasteiger partial charge in [0.2, 0.25) is 0 Å². The van der Waals surface area contributed by atoms with Crippen LogP contribution in [0.4, 0.5) is 0 Å². The Morgan fingerprint density at radius 2 is 1.68 bits per heavy atom. The molecule has 0 spiro atoms. The van der Waals surface area contributed by atoms with E-state index >= 15 is 0 Å². The SMILES string of the molecule is C/C=C/C/C=C(\C#C/C=C(\C/C=C/C)OCCO)OCCO. The average molecular weight is 306 g/mol. The fourth-order valence-corrected chi connectivity index (χ4v) is 1.37. The molecule has 0 aromatic carbocycles. The molecule has 22 heavy (non-hydrogen) atoms. The molecule has 0 aromatic heterocycles. The summed E-state index contributed by atoms with van der Waals surface area (Å²) in [6.45, 7) is 4.25. The first-order chi connectivity index (χ1) is 10.8. The second-order valence-corrected chi connectivity index (χ2v) is 4.17. The molecular weight excluding hydrogens is 280 g/mol. The predicted octanol–water partition coefficient (Wildman–Crippen LogP) is 2.71. The van der Waals surface area contributed by atoms with Crippen LogP contribution in [0.5, 0.6) is 0 Å². The van der Waals surface area contributed by atoms with Crippen LogP contribution in [-0.4, -0.2) is 36.6 Å². The highest BCUT2D eigenvalue weighted by atomic mass is 16.5. The van der Waals surface area contributed by atoms with Crippen LogP contribution in [0.2, 0.25) is 0 Å². The van der Waals surface area contributed by atoms with Gasteiger partial charge in [0.1, 0.15) is 19.0 Å². The summed E-state index contributed by atoms with van der Waals surface area (Å²) in [5.41, 5.74) is 0. The minimum Gasteiger partial charge on any atom is -0.495 e. The molecule has 4 nitrogen and oxygen atoms in total. The third kappa shape index (κ3) is 11.8. The standard InChI is InChI=1S/C18H26O4/c1-3-5-7-10-18(22-16-14-20)12-8-11-17(9-6-4-2)21-15-13-19/h3-6,10-11,19-20H,7,9,13-16H2,1-2H3/b5-3+,6-4+,17-11+,18-10+. The van der Waals surface area contributed by atoms with E-state index in [1.54, 1.807) is 6.08 Å². The van der Waals surface area contributed by atoms with Gasteiger partial charge in [-0.1, -0.05) is 30.2 Å². The van der Waals surface area contributed by atoms with E-state index in [0.29, 0.717) is 17.9 Å². The zero-order valence-corrected chi connectivity index (χ0v) is 13.4. The molecule has 0 heterocycles. The van der Waals surface area contributed by atoms with Crippen LogP contribution in [0.1, 0.15) is 26.7 Å². The Balaban J connectivity index is 4.86. The van der Waals surface area contributed by atoms with E-state index in [1.807, 2.05) is 44.2 Å². The van der Waals surface area contributed by atoms with Crippen LogP contribution in [-0.2, 0) is 9.47 Å². The first kappa shape index (κ1) is 20.0. The molecule has 0 aliphatic rings. The van der Waals surface area contributed by atoms with Gasteiger partial charge in [0.15, 0.2) is 5.76 Å². The first-order valence-electron chi connectivity index (χ1n) is 7.38. The maximum Gasteiger partial charge on any atom is 0.166 e. The van der Waals surface area contributed by atoms with Crippen molar-refractivity contribution in [2.24, 2.45) is 0 Å². The molecule has 0 bridgehead atoms. The lowest BCUT2D eigenvalue weighted by Gasteiger charge is -2.05. The van der Waals surface area contributed by atoms with Gasteiger partial charge in [0.05, 0.1) is 13.2 Å². The number of hydrogen-bond acceptors (Lipinski definition) is 4. The van der Waals surface area contributed by atoms with E-state index in [2.05, 4.69) is 11.8 Å². The van der Waals surface area contributed by atoms with Crippen molar-refractivity contribution >= 4 is 0 Å². The number of hydrogen-bond donors (Lipinski definition) is 2. The van der Waals surface area contributed by atoms with Crippen molar-refractivity contribution in [3.05, 3.63) is 48.0 Å². The summed E-state index contributed by atoms with van der Waals surface area (Å²) < 4.78 is 10.8. The second kappa shape index (κ2) is 15.4. The van der Waals surface area contributed by atoms with Gasteiger partial charge in [0, 0.05) is 12.5 Å². The molecule has 0 unspecified atom stereocenters. The van der Waals surface area contributed by atoms with E-state index in [0.717, 1.165) is 6.42 Å². The molecule has 122 valence electrons. The third-order valence-electron chi connectivity index (χ3n) is 2.39. The van der Waals surface area contributed by atoms with Gasteiger partial charge in [-0.3, -0.25) is 0 Å². The lowest BCUT2D eigenvalue weighted by Crippen LogP contribution is -1.99. The van der Waals surface area contributed by atoms with Crippen molar-refractivity contribution in [1.82, 2.24) is 0 Å². The fraction of sp³-hybridized carbons (Fsp3) is 0.444. The summed E-state index contributed by atoms with van der Waals surface area (Å²) in [5.74, 6) is 7.00. The van der Waals surface area contributed by atoms with Crippen LogP contribution in [0.25, 0.3) is 0 Å². The van der Waals surface area contributed by atoms with Gasteiger partial charge in [-0.25, -0.2) is 0 Å². The van der Waals surface area contributed by atoms with Crippen LogP contribution in [0, 0.1) is 11.8 Å². The van der Waals surface area contributed by atoms with Gasteiger partial charge >= 0.3 is 0 Å². The summed E-state index contributed by atoms with van der Waals surface area (Å²) in [5, 5.41) is 17.6. The molecule has 0 atom stereocenters. The van der Waals surface area contributed by atoms with E-state index in [4.69, 9.17) is 19.7 Å². The highest BCUT2D eigenvalue weighted by molar-refractivity contribution is 5.30. The zero-order chi connectivity index (χ0) is 16.5. The van der Waals surface area contributed by atoms with Crippen molar-refractivity contribution in [3.8, 4) is 11.8 Å². The molecule has 0 amide bonds. The minimum atomic E-state index is -0.0510. The van der Waals surface area contributed by atoms with Gasteiger partial charge in [-0.15, -0.1) is 0 Å². The van der Waals surface area contributed by atoms with Gasteiger partial charge in [-0.05, 0) is 32.3 Å². The topological polar surface area (TPSA) is 58.9 Å². The smallest absolute Gasteiger partial charge is 0.166 e. The maximum absolute atomic E-state index is 8.82. The van der Waals surface area contributed by atoms with Gasteiger partial charge in [0.25, 0.3) is 0 Å². The summed E-state index contributed by atoms with van der Waals surface area (Å²) in [7, 11) is 0. The second-order valence-electron chi connectivity index (χ2n) is 4.17. The maximum atomic E-state index is 8.82. The highest BCUT2D eigenvalue weighted by Gasteiger charge is 1.95. The summed E-state index contributed by atoms with van der Waals surface area (Å²) in [6.07, 6.45) is 12.7. The van der Waals surface area contributed by atoms with Crippen molar-refractivity contribution in [1.29, 1.82) is 0 Å². The van der Waals surface area contributed by atoms with Gasteiger partial charge < -0.3 is 19.7 Å². The molecule has 0 rings (SSSR count). The zero-order valence-electron chi connectivity index (χ0n) is 13.4. The molecule has 0 radical (unpaired) electrons. The number of allylic oxidation sites excluding steroid dienone is 7. The molecule has 0 saturated carbocycles. The van der Waals surface area contributed by atoms with Crippen LogP contribution >= 0.6 is 0 Å². The molecule has 0 saturated heterocycles. The van der Waals surface area contributed by atoms with E-state index in [1.165, 1.54) is 0 Å². The van der Waals surface area contributed by atoms with Crippen molar-refractivity contribution < 1.29 is 19.7 Å². The normalized spacial score (nSPS) is 12.5. The minimum absolute atomic E-state index is 0.0330. The Labute approximate surface area is 133 Å². The van der Waals surface area contributed by atoms with Crippen LogP contribution in [0.3, 0.4) is 0 Å². The number of rotatable bonds is 10. The Bertz CT molecular complexity index is 447. The number of aliphatic hydroxyl groups is 2. The summed E-state index contributed by atoms with van der Waals surface area (Å²) >= 11 is 0. The molecule has 0 aliphatic carbocycles. The molecular formula is C18H26O4. The van der Waals surface area contributed by atoms with E-state index in [-0.39, 0.29) is 26.4 Å². The molecule has 0 aliphatic heterocycles. The van der Waals surface area contributed by atoms with Crippen LogP contribution < -0.4 is 0 Å². The van der Waals surface area contributed by atoms with E-state index < -0.39 is 0 Å². The number of aliphatic hydroxyl groups excluding tert-OH is 2. The fourth-order valence-electron chi connectivity index (χ4n) is 1.37. The Morgan fingerprint density at radius 1 is 1.00 bits per heavy atom. The Hall–Kier alpha value is -1.96. The summed E-state index contributed by atoms with van der Waals surface area (Å²) in [6, 6.07) is 0. The Morgan fingerprint density at radius 3 is 2.32 bits per heavy atom. The van der Waals surface area contributed by atoms with E-state index in [9.17, 15) is 0 Å².